The van der Waals surface area contributed by atoms with Crippen molar-refractivity contribution in [3.8, 4) is 11.6 Å². The summed E-state index contributed by atoms with van der Waals surface area (Å²) >= 11 is 0. The van der Waals surface area contributed by atoms with Crippen molar-refractivity contribution in [2.75, 3.05) is 18.4 Å². The van der Waals surface area contributed by atoms with E-state index in [-0.39, 0.29) is 30.4 Å². The number of ether oxygens (including phenoxy) is 1. The average Bonchev–Trinajstić information content (AvgIpc) is 3.42. The van der Waals surface area contributed by atoms with E-state index < -0.39 is 18.2 Å². The number of anilines is 2. The van der Waals surface area contributed by atoms with Gasteiger partial charge in [-0.25, -0.2) is 14.4 Å². The molecule has 5 rings (SSSR count). The summed E-state index contributed by atoms with van der Waals surface area (Å²) in [6.07, 6.45) is 1.88. The van der Waals surface area contributed by atoms with Gasteiger partial charge < -0.3 is 29.5 Å². The van der Waals surface area contributed by atoms with Gasteiger partial charge in [0.2, 0.25) is 5.88 Å². The molecule has 2 N–H and O–H groups in total. The van der Waals surface area contributed by atoms with Gasteiger partial charge in [0.1, 0.15) is 23.6 Å². The number of carbonyl (C=O) groups excluding carboxylic acids is 1. The molecule has 4 aromatic heterocycles. The lowest BCUT2D eigenvalue weighted by molar-refractivity contribution is 0.0764. The SMILES string of the molecule is [C-]#[N+]c1cc(C)c(Oc2cc(Nc3ccc(C(=O)N4C[C@@H](O)[C@H](F)C4)cn3)c3ncn(C)c3n2)cn1. The van der Waals surface area contributed by atoms with Crippen LogP contribution in [0.5, 0.6) is 11.6 Å². The number of aliphatic hydroxyl groups excluding tert-OH is 1. The first-order valence-electron chi connectivity index (χ1n) is 11.0. The summed E-state index contributed by atoms with van der Waals surface area (Å²) in [7, 11) is 1.81. The molecule has 0 bridgehead atoms. The van der Waals surface area contributed by atoms with Gasteiger partial charge in [-0.2, -0.15) is 4.98 Å². The fourth-order valence-electron chi connectivity index (χ4n) is 3.86. The van der Waals surface area contributed by atoms with Crippen LogP contribution in [0, 0.1) is 13.5 Å². The van der Waals surface area contributed by atoms with E-state index in [0.29, 0.717) is 28.4 Å². The average molecular weight is 488 g/mol. The highest BCUT2D eigenvalue weighted by molar-refractivity contribution is 5.94. The number of hydrogen-bond acceptors (Lipinski definition) is 8. The summed E-state index contributed by atoms with van der Waals surface area (Å²) in [6, 6.07) is 6.51. The minimum atomic E-state index is -1.45. The number of nitrogens with one attached hydrogen (secondary N) is 1. The molecule has 1 amide bonds. The second-order valence-corrected chi connectivity index (χ2v) is 8.41. The third-order valence-electron chi connectivity index (χ3n) is 5.80. The minimum Gasteiger partial charge on any atom is -0.435 e. The van der Waals surface area contributed by atoms with Gasteiger partial charge in [0.15, 0.2) is 17.6 Å². The van der Waals surface area contributed by atoms with Crippen molar-refractivity contribution in [3.63, 3.8) is 0 Å². The van der Waals surface area contributed by atoms with Gasteiger partial charge in [0.05, 0.1) is 24.1 Å². The van der Waals surface area contributed by atoms with Crippen molar-refractivity contribution in [1.82, 2.24) is 29.4 Å². The number of likely N-dealkylation sites (tertiary alicyclic amines) is 1. The van der Waals surface area contributed by atoms with Crippen LogP contribution < -0.4 is 10.1 Å². The van der Waals surface area contributed by atoms with Crippen LogP contribution >= 0.6 is 0 Å². The molecule has 1 fully saturated rings. The maximum atomic E-state index is 13.6. The third kappa shape index (κ3) is 4.39. The summed E-state index contributed by atoms with van der Waals surface area (Å²) in [4.78, 5) is 34.5. The number of alkyl halides is 1. The molecule has 0 radical (unpaired) electrons. The first kappa shape index (κ1) is 23.1. The molecule has 5 heterocycles. The predicted molar refractivity (Wildman–Crippen MR) is 128 cm³/mol. The highest BCUT2D eigenvalue weighted by Gasteiger charge is 2.34. The van der Waals surface area contributed by atoms with Crippen molar-refractivity contribution in [2.24, 2.45) is 7.05 Å². The standard InChI is InChI=1S/C24H21FN8O3/c1-13-6-20(26-2)28-9-18(13)36-21-7-16(22-23(31-21)32(3)12-29-22)30-19-5-4-14(8-27-19)24(35)33-10-15(25)17(34)11-33/h4-9,12,15,17,34H,10-11H2,1,3H3,(H,27,30,31)/t15-,17-/m1/s1. The fourth-order valence-corrected chi connectivity index (χ4v) is 3.86. The summed E-state index contributed by atoms with van der Waals surface area (Å²) in [6.45, 7) is 8.72. The zero-order chi connectivity index (χ0) is 25.4. The summed E-state index contributed by atoms with van der Waals surface area (Å²) in [5.74, 6) is 1.07. The van der Waals surface area contributed by atoms with Crippen LogP contribution in [-0.4, -0.2) is 65.8 Å². The maximum Gasteiger partial charge on any atom is 0.269 e. The minimum absolute atomic E-state index is 0.0486. The van der Waals surface area contributed by atoms with Gasteiger partial charge in [0.25, 0.3) is 11.7 Å². The summed E-state index contributed by atoms with van der Waals surface area (Å²) in [5.41, 5.74) is 2.76. The van der Waals surface area contributed by atoms with E-state index >= 15 is 0 Å². The van der Waals surface area contributed by atoms with E-state index in [4.69, 9.17) is 11.3 Å². The van der Waals surface area contributed by atoms with Crippen LogP contribution in [0.2, 0.25) is 0 Å². The second-order valence-electron chi connectivity index (χ2n) is 8.41. The van der Waals surface area contributed by atoms with Gasteiger partial charge in [-0.15, -0.1) is 4.98 Å². The van der Waals surface area contributed by atoms with E-state index in [1.807, 2.05) is 14.0 Å². The predicted octanol–water partition coefficient (Wildman–Crippen LogP) is 3.31. The number of hydrogen-bond donors (Lipinski definition) is 2. The number of pyridine rings is 3. The van der Waals surface area contributed by atoms with Gasteiger partial charge in [-0.05, 0) is 30.7 Å². The molecule has 4 aromatic rings. The van der Waals surface area contributed by atoms with E-state index in [0.717, 1.165) is 5.56 Å². The maximum absolute atomic E-state index is 13.6. The summed E-state index contributed by atoms with van der Waals surface area (Å²) < 4.78 is 21.3. The molecule has 11 nitrogen and oxygen atoms in total. The Labute approximate surface area is 205 Å². The lowest BCUT2D eigenvalue weighted by atomic mass is 10.2. The van der Waals surface area contributed by atoms with Crippen LogP contribution in [0.1, 0.15) is 15.9 Å². The zero-order valence-corrected chi connectivity index (χ0v) is 19.4. The molecular formula is C24H21FN8O3. The molecule has 2 atom stereocenters. The molecule has 0 aliphatic carbocycles. The Morgan fingerprint density at radius 2 is 2.08 bits per heavy atom. The smallest absolute Gasteiger partial charge is 0.269 e. The lowest BCUT2D eigenvalue weighted by Crippen LogP contribution is -2.29. The van der Waals surface area contributed by atoms with Crippen molar-refractivity contribution < 1.29 is 19.0 Å². The van der Waals surface area contributed by atoms with E-state index in [9.17, 15) is 14.3 Å². The Kier molecular flexibility index (Phi) is 5.91. The molecule has 36 heavy (non-hydrogen) atoms. The topological polar surface area (TPSA) is 123 Å². The van der Waals surface area contributed by atoms with Crippen molar-refractivity contribution in [2.45, 2.75) is 19.2 Å². The highest BCUT2D eigenvalue weighted by Crippen LogP contribution is 2.31. The van der Waals surface area contributed by atoms with Crippen molar-refractivity contribution in [1.29, 1.82) is 0 Å². The Balaban J connectivity index is 1.40. The van der Waals surface area contributed by atoms with Crippen LogP contribution in [0.4, 0.5) is 21.7 Å². The molecule has 0 saturated carbocycles. The molecule has 1 saturated heterocycles. The van der Waals surface area contributed by atoms with E-state index in [1.165, 1.54) is 17.3 Å². The monoisotopic (exact) mass is 488 g/mol. The first-order valence-corrected chi connectivity index (χ1v) is 11.0. The molecule has 1 aliphatic heterocycles. The van der Waals surface area contributed by atoms with E-state index in [2.05, 4.69) is 30.1 Å². The van der Waals surface area contributed by atoms with Crippen LogP contribution in [0.3, 0.4) is 0 Å². The number of amides is 1. The number of β-amino-alcohol motifs (C(OH)–C–C–N with tert-alkyl or cyclic N) is 1. The van der Waals surface area contributed by atoms with Gasteiger partial charge >= 0.3 is 0 Å². The number of rotatable bonds is 5. The van der Waals surface area contributed by atoms with Crippen LogP contribution in [-0.2, 0) is 7.05 Å². The quantitative estimate of drug-likeness (QED) is 0.410. The second kappa shape index (κ2) is 9.20. The third-order valence-corrected chi connectivity index (χ3v) is 5.80. The lowest BCUT2D eigenvalue weighted by Gasteiger charge is -2.15. The number of carbonyl (C=O) groups is 1. The van der Waals surface area contributed by atoms with Gasteiger partial charge in [-0.1, -0.05) is 6.57 Å². The van der Waals surface area contributed by atoms with Gasteiger partial charge in [0, 0.05) is 25.9 Å². The van der Waals surface area contributed by atoms with Gasteiger partial charge in [-0.3, -0.25) is 4.79 Å². The Morgan fingerprint density at radius 3 is 2.75 bits per heavy atom. The van der Waals surface area contributed by atoms with Crippen molar-refractivity contribution >= 4 is 34.4 Å². The normalized spacial score (nSPS) is 17.2. The molecular weight excluding hydrogens is 467 g/mol. The molecule has 182 valence electrons. The number of aliphatic hydroxyl groups is 1. The molecule has 1 aliphatic rings. The first-order chi connectivity index (χ1) is 17.3. The largest absolute Gasteiger partial charge is 0.435 e. The number of nitrogens with zero attached hydrogens (tertiary/aromatic N) is 7. The number of aryl methyl sites for hydroxylation is 2. The Morgan fingerprint density at radius 1 is 1.25 bits per heavy atom. The Bertz CT molecular complexity index is 1490. The number of fused-ring (bicyclic) bond motifs is 1. The highest BCUT2D eigenvalue weighted by atomic mass is 19.1. The van der Waals surface area contributed by atoms with Crippen molar-refractivity contribution in [3.05, 3.63) is 65.5 Å². The molecule has 0 unspecified atom stereocenters. The van der Waals surface area contributed by atoms with Crippen LogP contribution in [0.25, 0.3) is 16.0 Å². The number of aromatic nitrogens is 5. The van der Waals surface area contributed by atoms with Crippen LogP contribution in [0.15, 0.2) is 43.0 Å². The number of halogens is 1. The number of imidazole rings is 1. The molecule has 12 heteroatoms. The van der Waals surface area contributed by atoms with E-state index in [1.54, 1.807) is 35.2 Å². The molecule has 0 aromatic carbocycles. The molecule has 0 spiro atoms. The fraction of sp³-hybridized carbons (Fsp3) is 0.250. The Hall–Kier alpha value is -4.63. The summed E-state index contributed by atoms with van der Waals surface area (Å²) in [5, 5.41) is 12.8. The zero-order valence-electron chi connectivity index (χ0n) is 19.4.